The van der Waals surface area contributed by atoms with Crippen LogP contribution >= 0.6 is 0 Å². The average molecular weight is 315 g/mol. The van der Waals surface area contributed by atoms with Crippen LogP contribution in [0, 0.1) is 19.8 Å². The highest BCUT2D eigenvalue weighted by atomic mass is 16.2. The van der Waals surface area contributed by atoms with Crippen molar-refractivity contribution in [3.63, 3.8) is 0 Å². The van der Waals surface area contributed by atoms with Crippen LogP contribution in [0.4, 0.5) is 10.5 Å². The van der Waals surface area contributed by atoms with E-state index < -0.39 is 11.6 Å². The Balaban J connectivity index is 1.66. The average Bonchev–Trinajstić information content (AvgIpc) is 3.29. The Bertz CT molecular complexity index is 696. The smallest absolute Gasteiger partial charge is 0.325 e. The lowest BCUT2D eigenvalue weighted by Gasteiger charge is -2.20. The predicted molar refractivity (Wildman–Crippen MR) is 85.9 cm³/mol. The molecule has 2 N–H and O–H groups in total. The van der Waals surface area contributed by atoms with Gasteiger partial charge in [0.25, 0.3) is 5.91 Å². The molecule has 1 aromatic carbocycles. The van der Waals surface area contributed by atoms with E-state index in [1.54, 1.807) is 13.0 Å². The number of amides is 4. The second-order valence-corrected chi connectivity index (χ2v) is 6.65. The summed E-state index contributed by atoms with van der Waals surface area (Å²) >= 11 is 0. The van der Waals surface area contributed by atoms with Crippen LogP contribution in [0.1, 0.15) is 30.9 Å². The molecule has 4 amide bonds. The van der Waals surface area contributed by atoms with Crippen molar-refractivity contribution in [3.8, 4) is 0 Å². The molecule has 1 aliphatic carbocycles. The van der Waals surface area contributed by atoms with Crippen LogP contribution in [0.2, 0.25) is 0 Å². The molecule has 2 aliphatic rings. The van der Waals surface area contributed by atoms with Gasteiger partial charge in [-0.3, -0.25) is 14.5 Å². The first kappa shape index (κ1) is 15.5. The molecule has 1 saturated heterocycles. The van der Waals surface area contributed by atoms with Crippen molar-refractivity contribution in [2.24, 2.45) is 5.92 Å². The summed E-state index contributed by atoms with van der Waals surface area (Å²) in [6.45, 7) is 5.43. The fourth-order valence-corrected chi connectivity index (χ4v) is 2.96. The lowest BCUT2D eigenvalue weighted by atomic mass is 9.96. The summed E-state index contributed by atoms with van der Waals surface area (Å²) in [6, 6.07) is 5.11. The molecule has 1 saturated carbocycles. The molecular formula is C17H21N3O3. The third kappa shape index (κ3) is 2.81. The first-order valence-electron chi connectivity index (χ1n) is 7.82. The van der Waals surface area contributed by atoms with Gasteiger partial charge in [0.15, 0.2) is 0 Å². The maximum absolute atomic E-state index is 12.5. The molecule has 23 heavy (non-hydrogen) atoms. The second kappa shape index (κ2) is 5.37. The quantitative estimate of drug-likeness (QED) is 0.834. The zero-order chi connectivity index (χ0) is 16.8. The molecule has 2 fully saturated rings. The van der Waals surface area contributed by atoms with Crippen LogP contribution in [0.3, 0.4) is 0 Å². The van der Waals surface area contributed by atoms with Gasteiger partial charge in [-0.15, -0.1) is 0 Å². The van der Waals surface area contributed by atoms with E-state index >= 15 is 0 Å². The summed E-state index contributed by atoms with van der Waals surface area (Å²) in [5.74, 6) is -0.496. The molecular weight excluding hydrogens is 294 g/mol. The number of carbonyl (C=O) groups excluding carboxylic acids is 3. The molecule has 6 heteroatoms. The number of benzene rings is 1. The minimum atomic E-state index is -0.849. The first-order chi connectivity index (χ1) is 10.8. The monoisotopic (exact) mass is 315 g/mol. The lowest BCUT2D eigenvalue weighted by Crippen LogP contribution is -2.46. The Morgan fingerprint density at radius 1 is 1.30 bits per heavy atom. The number of imide groups is 1. The maximum Gasteiger partial charge on any atom is 0.325 e. The normalized spacial score (nSPS) is 23.9. The number of anilines is 1. The highest BCUT2D eigenvalue weighted by molar-refractivity contribution is 6.10. The number of aryl methyl sites for hydroxylation is 2. The molecule has 1 heterocycles. The minimum Gasteiger partial charge on any atom is -0.325 e. The lowest BCUT2D eigenvalue weighted by molar-refractivity contribution is -0.134. The zero-order valence-corrected chi connectivity index (χ0v) is 13.6. The van der Waals surface area contributed by atoms with E-state index in [0.29, 0.717) is 5.69 Å². The Morgan fingerprint density at radius 2 is 2.00 bits per heavy atom. The van der Waals surface area contributed by atoms with Gasteiger partial charge in [-0.1, -0.05) is 6.07 Å². The highest BCUT2D eigenvalue weighted by Gasteiger charge is 2.56. The molecule has 0 radical (unpaired) electrons. The predicted octanol–water partition coefficient (Wildman–Crippen LogP) is 1.96. The van der Waals surface area contributed by atoms with Crippen molar-refractivity contribution in [2.75, 3.05) is 11.9 Å². The fraction of sp³-hybridized carbons (Fsp3) is 0.471. The van der Waals surface area contributed by atoms with Gasteiger partial charge in [-0.25, -0.2) is 4.79 Å². The summed E-state index contributed by atoms with van der Waals surface area (Å²) in [6.07, 6.45) is 1.87. The molecule has 0 spiro atoms. The highest BCUT2D eigenvalue weighted by Crippen LogP contribution is 2.42. The third-order valence-electron chi connectivity index (χ3n) is 4.79. The number of carbonyl (C=O) groups is 3. The molecule has 6 nitrogen and oxygen atoms in total. The number of urea groups is 1. The van der Waals surface area contributed by atoms with Crippen molar-refractivity contribution in [1.29, 1.82) is 0 Å². The van der Waals surface area contributed by atoms with E-state index in [1.165, 1.54) is 0 Å². The van der Waals surface area contributed by atoms with Gasteiger partial charge in [0, 0.05) is 5.69 Å². The van der Waals surface area contributed by atoms with E-state index in [-0.39, 0.29) is 24.3 Å². The van der Waals surface area contributed by atoms with Crippen molar-refractivity contribution < 1.29 is 14.4 Å². The van der Waals surface area contributed by atoms with Crippen molar-refractivity contribution in [2.45, 2.75) is 39.2 Å². The Hall–Kier alpha value is -2.37. The van der Waals surface area contributed by atoms with E-state index in [9.17, 15) is 14.4 Å². The van der Waals surface area contributed by atoms with Gasteiger partial charge < -0.3 is 10.6 Å². The summed E-state index contributed by atoms with van der Waals surface area (Å²) in [7, 11) is 0. The first-order valence-corrected chi connectivity index (χ1v) is 7.82. The maximum atomic E-state index is 12.5. The SMILES string of the molecule is Cc1ccc(NC(=O)CN2C(=O)N[C@@](C)(C3CC3)C2=O)cc1C. The summed E-state index contributed by atoms with van der Waals surface area (Å²) in [4.78, 5) is 37.7. The van der Waals surface area contributed by atoms with Gasteiger partial charge in [-0.2, -0.15) is 0 Å². The summed E-state index contributed by atoms with van der Waals surface area (Å²) in [5, 5.41) is 5.47. The molecule has 3 rings (SSSR count). The van der Waals surface area contributed by atoms with Gasteiger partial charge in [0.1, 0.15) is 12.1 Å². The van der Waals surface area contributed by atoms with Crippen molar-refractivity contribution in [1.82, 2.24) is 10.2 Å². The van der Waals surface area contributed by atoms with Crippen LogP contribution in [-0.4, -0.2) is 34.8 Å². The molecule has 0 aromatic heterocycles. The van der Waals surface area contributed by atoms with Gasteiger partial charge in [0.2, 0.25) is 5.91 Å². The summed E-state index contributed by atoms with van der Waals surface area (Å²) in [5.41, 5.74) is 2.02. The number of hydrogen-bond donors (Lipinski definition) is 2. The number of hydrogen-bond acceptors (Lipinski definition) is 3. The fourth-order valence-electron chi connectivity index (χ4n) is 2.96. The molecule has 1 aliphatic heterocycles. The van der Waals surface area contributed by atoms with Crippen LogP contribution in [0.5, 0.6) is 0 Å². The van der Waals surface area contributed by atoms with Crippen LogP contribution in [0.15, 0.2) is 18.2 Å². The van der Waals surface area contributed by atoms with E-state index in [2.05, 4.69) is 10.6 Å². The van der Waals surface area contributed by atoms with Gasteiger partial charge in [-0.05, 0) is 62.8 Å². The van der Waals surface area contributed by atoms with Crippen LogP contribution in [-0.2, 0) is 9.59 Å². The molecule has 0 unspecified atom stereocenters. The largest absolute Gasteiger partial charge is 0.325 e. The van der Waals surface area contributed by atoms with Gasteiger partial charge >= 0.3 is 6.03 Å². The standard InChI is InChI=1S/C17H21N3O3/c1-10-4-7-13(8-11(10)2)18-14(21)9-20-15(22)17(3,12-5-6-12)19-16(20)23/h4,7-8,12H,5-6,9H2,1-3H3,(H,18,21)(H,19,23)/t17-/m0/s1. The van der Waals surface area contributed by atoms with Crippen molar-refractivity contribution in [3.05, 3.63) is 29.3 Å². The minimum absolute atomic E-state index is 0.187. The van der Waals surface area contributed by atoms with Crippen molar-refractivity contribution >= 4 is 23.5 Å². The zero-order valence-electron chi connectivity index (χ0n) is 13.6. The number of nitrogens with one attached hydrogen (secondary N) is 2. The van der Waals surface area contributed by atoms with Gasteiger partial charge in [0.05, 0.1) is 0 Å². The topological polar surface area (TPSA) is 78.5 Å². The molecule has 0 bridgehead atoms. The Kier molecular flexibility index (Phi) is 3.62. The molecule has 122 valence electrons. The second-order valence-electron chi connectivity index (χ2n) is 6.65. The van der Waals surface area contributed by atoms with E-state index in [1.807, 2.05) is 26.0 Å². The van der Waals surface area contributed by atoms with Crippen LogP contribution in [0.25, 0.3) is 0 Å². The van der Waals surface area contributed by atoms with E-state index in [0.717, 1.165) is 28.9 Å². The Labute approximate surface area is 135 Å². The summed E-state index contributed by atoms with van der Waals surface area (Å²) < 4.78 is 0. The molecule has 1 atom stereocenters. The Morgan fingerprint density at radius 3 is 2.61 bits per heavy atom. The van der Waals surface area contributed by atoms with Crippen LogP contribution < -0.4 is 10.6 Å². The van der Waals surface area contributed by atoms with E-state index in [4.69, 9.17) is 0 Å². The third-order valence-corrected chi connectivity index (χ3v) is 4.79. The molecule has 1 aromatic rings. The number of rotatable bonds is 4. The number of nitrogens with zero attached hydrogens (tertiary/aromatic N) is 1.